The quantitative estimate of drug-likeness (QED) is 0.162. The van der Waals surface area contributed by atoms with Crippen LogP contribution in [0.4, 0.5) is 0 Å². The van der Waals surface area contributed by atoms with E-state index in [1.165, 1.54) is 6.92 Å². The molecule has 0 rings (SSSR count). The van der Waals surface area contributed by atoms with E-state index in [2.05, 4.69) is 16.2 Å². The summed E-state index contributed by atoms with van der Waals surface area (Å²) in [6.45, 7) is 5.50. The Kier molecular flexibility index (Phi) is 11.9. The zero-order valence-corrected chi connectivity index (χ0v) is 5.47. The van der Waals surface area contributed by atoms with Gasteiger partial charge in [-0.15, -0.1) is 5.11 Å². The Morgan fingerprint density at radius 3 is 1.88 bits per heavy atom. The molecule has 8 heavy (non-hydrogen) atoms. The summed E-state index contributed by atoms with van der Waals surface area (Å²) >= 11 is 0. The van der Waals surface area contributed by atoms with E-state index in [-0.39, 0.29) is 5.84 Å². The van der Waals surface area contributed by atoms with E-state index >= 15 is 0 Å². The number of hydrogen-bond acceptors (Lipinski definition) is 2. The Hall–Kier alpha value is -0.930. The van der Waals surface area contributed by atoms with Crippen molar-refractivity contribution in [1.82, 2.24) is 0 Å². The van der Waals surface area contributed by atoms with Crippen LogP contribution in [0.2, 0.25) is 0 Å². The van der Waals surface area contributed by atoms with Gasteiger partial charge in [0.1, 0.15) is 5.84 Å². The largest absolute Gasteiger partial charge is 0.305 e. The van der Waals surface area contributed by atoms with E-state index in [1.54, 1.807) is 0 Å². The smallest absolute Gasteiger partial charge is 0.141 e. The fourth-order valence-electron chi connectivity index (χ4n) is 0.0866. The summed E-state index contributed by atoms with van der Waals surface area (Å²) in [5, 5.41) is 12.5. The minimum atomic E-state index is 0.123. The molecule has 0 aromatic rings. The number of hydrogen-bond donors (Lipinski definition) is 2. The second-order valence-corrected chi connectivity index (χ2v) is 0.801. The first kappa shape index (κ1) is 10.1. The summed E-state index contributed by atoms with van der Waals surface area (Å²) in [6, 6.07) is 0. The molecule has 0 radical (unpaired) electrons. The molecule has 0 aromatic carbocycles. The first-order valence-electron chi connectivity index (χ1n) is 2.43. The molecule has 0 aliphatic rings. The maximum atomic E-state index is 6.55. The zero-order chi connectivity index (χ0) is 6.99. The van der Waals surface area contributed by atoms with Gasteiger partial charge in [0.15, 0.2) is 0 Å². The Balaban J connectivity index is 0. The van der Waals surface area contributed by atoms with E-state index in [1.807, 2.05) is 13.8 Å². The fraction of sp³-hybridized carbons (Fsp3) is 0.750. The molecule has 0 saturated carbocycles. The van der Waals surface area contributed by atoms with Gasteiger partial charge in [-0.1, -0.05) is 19.1 Å². The van der Waals surface area contributed by atoms with E-state index in [0.29, 0.717) is 0 Å². The lowest BCUT2D eigenvalue weighted by atomic mass is 10.7. The average Bonchev–Trinajstić information content (AvgIpc) is 1.72. The summed E-state index contributed by atoms with van der Waals surface area (Å²) in [7, 11) is 0. The van der Waals surface area contributed by atoms with Crippen LogP contribution < -0.4 is 5.84 Å². The minimum absolute atomic E-state index is 0.123. The highest BCUT2D eigenvalue weighted by Gasteiger charge is 1.69. The minimum Gasteiger partial charge on any atom is -0.305 e. The second-order valence-electron chi connectivity index (χ2n) is 0.801. The molecule has 0 aliphatic heterocycles. The number of amidine groups is 1. The van der Waals surface area contributed by atoms with Crippen molar-refractivity contribution in [3.8, 4) is 0 Å². The summed E-state index contributed by atoms with van der Waals surface area (Å²) < 4.78 is 0. The van der Waals surface area contributed by atoms with Crippen LogP contribution in [-0.2, 0) is 0 Å². The van der Waals surface area contributed by atoms with Crippen molar-refractivity contribution in [2.75, 3.05) is 0 Å². The highest BCUT2D eigenvalue weighted by atomic mass is 15.3. The molecule has 0 spiro atoms. The molecule has 0 aliphatic carbocycles. The number of rotatable bonds is 0. The zero-order valence-electron chi connectivity index (χ0n) is 5.47. The van der Waals surface area contributed by atoms with Gasteiger partial charge in [0.05, 0.1) is 0 Å². The lowest BCUT2D eigenvalue weighted by Crippen LogP contribution is -1.81. The van der Waals surface area contributed by atoms with Crippen LogP contribution in [0.1, 0.15) is 20.8 Å². The van der Waals surface area contributed by atoms with Crippen molar-refractivity contribution >= 4 is 5.84 Å². The SMILES string of the molecule is CC.CC(=N)N=NN. The van der Waals surface area contributed by atoms with Gasteiger partial charge in [-0.2, -0.15) is 0 Å². The van der Waals surface area contributed by atoms with Crippen molar-refractivity contribution < 1.29 is 0 Å². The fourth-order valence-corrected chi connectivity index (χ4v) is 0.0866. The normalized spacial score (nSPS) is 7.88. The summed E-state index contributed by atoms with van der Waals surface area (Å²) in [5.74, 6) is 4.67. The van der Waals surface area contributed by atoms with Gasteiger partial charge < -0.3 is 5.84 Å². The van der Waals surface area contributed by atoms with Crippen molar-refractivity contribution in [2.45, 2.75) is 20.8 Å². The van der Waals surface area contributed by atoms with Gasteiger partial charge in [-0.3, -0.25) is 5.41 Å². The maximum absolute atomic E-state index is 6.55. The maximum Gasteiger partial charge on any atom is 0.141 e. The summed E-state index contributed by atoms with van der Waals surface area (Å²) in [6.07, 6.45) is 0. The van der Waals surface area contributed by atoms with Crippen LogP contribution in [0.15, 0.2) is 10.3 Å². The van der Waals surface area contributed by atoms with Crippen LogP contribution in [0.25, 0.3) is 0 Å². The predicted molar refractivity (Wildman–Crippen MR) is 33.8 cm³/mol. The van der Waals surface area contributed by atoms with Crippen molar-refractivity contribution in [3.05, 3.63) is 0 Å². The molecule has 0 fully saturated rings. The molecule has 48 valence electrons. The van der Waals surface area contributed by atoms with Gasteiger partial charge >= 0.3 is 0 Å². The Morgan fingerprint density at radius 2 is 1.88 bits per heavy atom. The van der Waals surface area contributed by atoms with E-state index in [4.69, 9.17) is 5.41 Å². The van der Waals surface area contributed by atoms with Gasteiger partial charge in [0.25, 0.3) is 0 Å². The Bertz CT molecular complexity index is 76.1. The molecule has 0 aromatic heterocycles. The Morgan fingerprint density at radius 1 is 1.50 bits per heavy atom. The van der Waals surface area contributed by atoms with Crippen molar-refractivity contribution in [1.29, 1.82) is 5.41 Å². The third kappa shape index (κ3) is 19.6. The Labute approximate surface area is 49.3 Å². The van der Waals surface area contributed by atoms with E-state index < -0.39 is 0 Å². The van der Waals surface area contributed by atoms with Crippen LogP contribution in [0.3, 0.4) is 0 Å². The molecular formula is C4H12N4. The van der Waals surface area contributed by atoms with E-state index in [0.717, 1.165) is 0 Å². The molecule has 0 atom stereocenters. The van der Waals surface area contributed by atoms with Gasteiger partial charge in [-0.05, 0) is 6.92 Å². The highest BCUT2D eigenvalue weighted by Crippen LogP contribution is 1.67. The molecule has 0 unspecified atom stereocenters. The molecule has 3 N–H and O–H groups in total. The van der Waals surface area contributed by atoms with Gasteiger partial charge in [-0.25, -0.2) is 0 Å². The number of nitrogens with zero attached hydrogens (tertiary/aromatic N) is 2. The average molecular weight is 116 g/mol. The third-order valence-electron chi connectivity index (χ3n) is 0.208. The van der Waals surface area contributed by atoms with Gasteiger partial charge in [0, 0.05) is 0 Å². The second kappa shape index (κ2) is 9.42. The lowest BCUT2D eigenvalue weighted by molar-refractivity contribution is 1.07. The first-order chi connectivity index (χ1) is 3.77. The molecule has 0 bridgehead atoms. The number of nitrogens with two attached hydrogens (primary N) is 1. The van der Waals surface area contributed by atoms with Crippen molar-refractivity contribution in [2.24, 2.45) is 16.2 Å². The van der Waals surface area contributed by atoms with E-state index in [9.17, 15) is 0 Å². The molecule has 4 nitrogen and oxygen atoms in total. The van der Waals surface area contributed by atoms with Crippen LogP contribution >= 0.6 is 0 Å². The summed E-state index contributed by atoms with van der Waals surface area (Å²) in [5.41, 5.74) is 0. The molecule has 0 heterocycles. The predicted octanol–water partition coefficient (Wildman–Crippen LogP) is 1.34. The molecule has 0 amide bonds. The number of nitrogens with one attached hydrogen (secondary N) is 1. The lowest BCUT2D eigenvalue weighted by Gasteiger charge is -1.72. The third-order valence-corrected chi connectivity index (χ3v) is 0.208. The van der Waals surface area contributed by atoms with Gasteiger partial charge in [0.2, 0.25) is 0 Å². The first-order valence-corrected chi connectivity index (χ1v) is 2.43. The standard InChI is InChI=1S/C2H6N4.C2H6/c1-2(3)5-6-4;1-2/h1H3,(H3,3,4,5);1-2H3. The molecule has 4 heteroatoms. The monoisotopic (exact) mass is 116 g/mol. The van der Waals surface area contributed by atoms with Crippen LogP contribution in [-0.4, -0.2) is 5.84 Å². The topological polar surface area (TPSA) is 74.6 Å². The van der Waals surface area contributed by atoms with Crippen molar-refractivity contribution in [3.63, 3.8) is 0 Å². The highest BCUT2D eigenvalue weighted by molar-refractivity contribution is 5.76. The molecular weight excluding hydrogens is 104 g/mol. The van der Waals surface area contributed by atoms with Crippen LogP contribution in [0, 0.1) is 5.41 Å². The van der Waals surface area contributed by atoms with Crippen LogP contribution in [0.5, 0.6) is 0 Å². The molecule has 0 saturated heterocycles. The summed E-state index contributed by atoms with van der Waals surface area (Å²) in [4.78, 5) is 0.